The van der Waals surface area contributed by atoms with Crippen LogP contribution in [0.4, 0.5) is 13.2 Å². The molecule has 0 bridgehead atoms. The number of benzene rings is 1. The van der Waals surface area contributed by atoms with Crippen LogP contribution in [0.5, 0.6) is 0 Å². The lowest BCUT2D eigenvalue weighted by Crippen LogP contribution is -2.14. The maximum absolute atomic E-state index is 12.3. The standard InChI is InChI=1S/C11H13F3O2S/c12-11(13,14)9-3-1-8(2-4-9)6-17-7-10(16)5-15/h1-4,10,15-16H,5-7H2. The molecule has 1 aromatic carbocycles. The molecule has 1 rings (SSSR count). The Morgan fingerprint density at radius 3 is 2.24 bits per heavy atom. The molecule has 1 aromatic rings. The monoisotopic (exact) mass is 266 g/mol. The molecule has 6 heteroatoms. The maximum atomic E-state index is 12.3. The quantitative estimate of drug-likeness (QED) is 0.859. The molecule has 0 fully saturated rings. The van der Waals surface area contributed by atoms with Crippen LogP contribution < -0.4 is 0 Å². The Morgan fingerprint density at radius 1 is 1.18 bits per heavy atom. The van der Waals surface area contributed by atoms with Crippen molar-refractivity contribution in [3.8, 4) is 0 Å². The average molecular weight is 266 g/mol. The van der Waals surface area contributed by atoms with Gasteiger partial charge in [0.1, 0.15) is 0 Å². The van der Waals surface area contributed by atoms with Crippen molar-refractivity contribution < 1.29 is 23.4 Å². The number of hydrogen-bond acceptors (Lipinski definition) is 3. The molecule has 0 saturated heterocycles. The van der Waals surface area contributed by atoms with Gasteiger partial charge in [-0.3, -0.25) is 0 Å². The molecule has 0 radical (unpaired) electrons. The zero-order chi connectivity index (χ0) is 12.9. The van der Waals surface area contributed by atoms with Crippen molar-refractivity contribution in [1.82, 2.24) is 0 Å². The van der Waals surface area contributed by atoms with Crippen LogP contribution in [-0.2, 0) is 11.9 Å². The Kier molecular flexibility index (Phi) is 5.30. The zero-order valence-electron chi connectivity index (χ0n) is 8.94. The summed E-state index contributed by atoms with van der Waals surface area (Å²) in [6.45, 7) is -0.306. The van der Waals surface area contributed by atoms with Crippen LogP contribution >= 0.6 is 11.8 Å². The minimum atomic E-state index is -4.31. The highest BCUT2D eigenvalue weighted by Gasteiger charge is 2.29. The molecule has 96 valence electrons. The lowest BCUT2D eigenvalue weighted by molar-refractivity contribution is -0.137. The second-order valence-electron chi connectivity index (χ2n) is 3.55. The van der Waals surface area contributed by atoms with E-state index in [0.29, 0.717) is 11.5 Å². The van der Waals surface area contributed by atoms with Gasteiger partial charge in [-0.1, -0.05) is 12.1 Å². The summed E-state index contributed by atoms with van der Waals surface area (Å²) in [7, 11) is 0. The second kappa shape index (κ2) is 6.28. The van der Waals surface area contributed by atoms with Crippen LogP contribution in [0, 0.1) is 0 Å². The normalized spacial score (nSPS) is 13.7. The van der Waals surface area contributed by atoms with E-state index in [1.807, 2.05) is 0 Å². The smallest absolute Gasteiger partial charge is 0.394 e. The van der Waals surface area contributed by atoms with Crippen molar-refractivity contribution in [2.75, 3.05) is 12.4 Å². The van der Waals surface area contributed by atoms with Gasteiger partial charge in [0.2, 0.25) is 0 Å². The maximum Gasteiger partial charge on any atom is 0.416 e. The van der Waals surface area contributed by atoms with Crippen molar-refractivity contribution in [2.24, 2.45) is 0 Å². The molecule has 2 N–H and O–H groups in total. The summed E-state index contributed by atoms with van der Waals surface area (Å²) in [5, 5.41) is 17.6. The molecule has 0 amide bonds. The van der Waals surface area contributed by atoms with Gasteiger partial charge in [-0.2, -0.15) is 24.9 Å². The lowest BCUT2D eigenvalue weighted by Gasteiger charge is -2.08. The largest absolute Gasteiger partial charge is 0.416 e. The van der Waals surface area contributed by atoms with Gasteiger partial charge in [0.15, 0.2) is 0 Å². The SMILES string of the molecule is OCC(O)CSCc1ccc(C(F)(F)F)cc1. The highest BCUT2D eigenvalue weighted by molar-refractivity contribution is 7.98. The minimum absolute atomic E-state index is 0.306. The first-order valence-corrected chi connectivity index (χ1v) is 6.11. The van der Waals surface area contributed by atoms with E-state index in [4.69, 9.17) is 10.2 Å². The Hall–Kier alpha value is -0.720. The Labute approximate surface area is 101 Å². The van der Waals surface area contributed by atoms with Gasteiger partial charge >= 0.3 is 6.18 Å². The molecule has 0 saturated carbocycles. The molecule has 0 aliphatic rings. The molecule has 1 atom stereocenters. The summed E-state index contributed by atoms with van der Waals surface area (Å²) < 4.78 is 36.8. The molecule has 0 spiro atoms. The first-order valence-electron chi connectivity index (χ1n) is 4.96. The van der Waals surface area contributed by atoms with E-state index in [1.165, 1.54) is 23.9 Å². The molecular weight excluding hydrogens is 253 g/mol. The summed E-state index contributed by atoms with van der Waals surface area (Å²) in [5.41, 5.74) is 0.0924. The number of thioether (sulfide) groups is 1. The van der Waals surface area contributed by atoms with Gasteiger partial charge < -0.3 is 10.2 Å². The molecular formula is C11H13F3O2S. The number of alkyl halides is 3. The first-order chi connectivity index (χ1) is 7.93. The third-order valence-corrected chi connectivity index (χ3v) is 3.23. The number of aliphatic hydroxyl groups is 2. The summed E-state index contributed by atoms with van der Waals surface area (Å²) in [4.78, 5) is 0. The third-order valence-electron chi connectivity index (χ3n) is 2.07. The van der Waals surface area contributed by atoms with E-state index in [2.05, 4.69) is 0 Å². The van der Waals surface area contributed by atoms with Gasteiger partial charge in [0.05, 0.1) is 18.3 Å². The van der Waals surface area contributed by atoms with E-state index in [1.54, 1.807) is 0 Å². The van der Waals surface area contributed by atoms with Crippen LogP contribution in [0.1, 0.15) is 11.1 Å². The summed E-state index contributed by atoms with van der Waals surface area (Å²) in [5.74, 6) is 0.868. The third kappa shape index (κ3) is 4.97. The van der Waals surface area contributed by atoms with E-state index < -0.39 is 17.8 Å². The van der Waals surface area contributed by atoms with Gasteiger partial charge in [-0.05, 0) is 17.7 Å². The number of halogens is 3. The van der Waals surface area contributed by atoms with Gasteiger partial charge in [-0.15, -0.1) is 0 Å². The highest BCUT2D eigenvalue weighted by atomic mass is 32.2. The Balaban J connectivity index is 2.46. The van der Waals surface area contributed by atoms with Crippen molar-refractivity contribution >= 4 is 11.8 Å². The molecule has 0 aromatic heterocycles. The minimum Gasteiger partial charge on any atom is -0.394 e. The fraction of sp³-hybridized carbons (Fsp3) is 0.455. The van der Waals surface area contributed by atoms with Crippen molar-refractivity contribution in [1.29, 1.82) is 0 Å². The van der Waals surface area contributed by atoms with Crippen molar-refractivity contribution in [2.45, 2.75) is 18.0 Å². The van der Waals surface area contributed by atoms with E-state index in [9.17, 15) is 13.2 Å². The zero-order valence-corrected chi connectivity index (χ0v) is 9.76. The Morgan fingerprint density at radius 2 is 1.76 bits per heavy atom. The van der Waals surface area contributed by atoms with Crippen LogP contribution in [0.3, 0.4) is 0 Å². The van der Waals surface area contributed by atoms with Gasteiger partial charge in [-0.25, -0.2) is 0 Å². The Bertz CT molecular complexity index is 338. The lowest BCUT2D eigenvalue weighted by atomic mass is 10.1. The number of hydrogen-bond donors (Lipinski definition) is 2. The van der Waals surface area contributed by atoms with Crippen LogP contribution in [0.15, 0.2) is 24.3 Å². The summed E-state index contributed by atoms with van der Waals surface area (Å²) in [6.07, 6.45) is -5.09. The molecule has 17 heavy (non-hydrogen) atoms. The predicted molar refractivity (Wildman–Crippen MR) is 60.7 cm³/mol. The van der Waals surface area contributed by atoms with Crippen LogP contribution in [0.2, 0.25) is 0 Å². The van der Waals surface area contributed by atoms with Crippen LogP contribution in [0.25, 0.3) is 0 Å². The molecule has 1 unspecified atom stereocenters. The fourth-order valence-electron chi connectivity index (χ4n) is 1.16. The molecule has 0 heterocycles. The van der Waals surface area contributed by atoms with Crippen molar-refractivity contribution in [3.63, 3.8) is 0 Å². The highest BCUT2D eigenvalue weighted by Crippen LogP contribution is 2.29. The fourth-order valence-corrected chi connectivity index (χ4v) is 2.08. The molecule has 0 aliphatic carbocycles. The van der Waals surface area contributed by atoms with Crippen molar-refractivity contribution in [3.05, 3.63) is 35.4 Å². The van der Waals surface area contributed by atoms with E-state index in [0.717, 1.165) is 17.7 Å². The number of rotatable bonds is 5. The van der Waals surface area contributed by atoms with E-state index >= 15 is 0 Å². The summed E-state index contributed by atoms with van der Waals surface area (Å²) >= 11 is 1.36. The average Bonchev–Trinajstić information content (AvgIpc) is 2.28. The van der Waals surface area contributed by atoms with Gasteiger partial charge in [0, 0.05) is 11.5 Å². The number of aliphatic hydroxyl groups excluding tert-OH is 2. The topological polar surface area (TPSA) is 40.5 Å². The second-order valence-corrected chi connectivity index (χ2v) is 4.58. The first kappa shape index (κ1) is 14.3. The molecule has 0 aliphatic heterocycles. The molecule has 2 nitrogen and oxygen atoms in total. The van der Waals surface area contributed by atoms with Crippen LogP contribution in [-0.4, -0.2) is 28.7 Å². The summed E-state index contributed by atoms with van der Waals surface area (Å²) in [6, 6.07) is 4.92. The predicted octanol–water partition coefficient (Wildman–Crippen LogP) is 2.29. The van der Waals surface area contributed by atoms with Gasteiger partial charge in [0.25, 0.3) is 0 Å². The van der Waals surface area contributed by atoms with E-state index in [-0.39, 0.29) is 6.61 Å².